The predicted molar refractivity (Wildman–Crippen MR) is 56.0 cm³/mol. The minimum absolute atomic E-state index is 0.731. The third-order valence-corrected chi connectivity index (χ3v) is 1.77. The summed E-state index contributed by atoms with van der Waals surface area (Å²) in [5.74, 6) is 0.955. The van der Waals surface area contributed by atoms with Crippen LogP contribution in [0.5, 0.6) is 0 Å². The van der Waals surface area contributed by atoms with Gasteiger partial charge in [0.25, 0.3) is 0 Å². The van der Waals surface area contributed by atoms with Crippen molar-refractivity contribution in [2.45, 2.75) is 13.0 Å². The van der Waals surface area contributed by atoms with Crippen molar-refractivity contribution < 1.29 is 9.15 Å². The Bertz CT molecular complexity index is 231. The molecule has 0 aromatic carbocycles. The number of hydrogen-bond donors (Lipinski definition) is 1. The first-order chi connectivity index (χ1) is 6.93. The van der Waals surface area contributed by atoms with Crippen LogP contribution in [0.25, 0.3) is 0 Å². The van der Waals surface area contributed by atoms with E-state index >= 15 is 0 Å². The standard InChI is InChI=1S/C11H17NO2/c1-2-3-7-13-9-6-12-10-11-5-4-8-14-11/h2,4-5,8,12H,1,3,6-7,9-10H2. The molecule has 0 saturated heterocycles. The predicted octanol–water partition coefficient (Wildman–Crippen LogP) is 1.96. The second-order valence-corrected chi connectivity index (χ2v) is 2.95. The summed E-state index contributed by atoms with van der Waals surface area (Å²) in [4.78, 5) is 0. The maximum absolute atomic E-state index is 5.33. The lowest BCUT2D eigenvalue weighted by molar-refractivity contribution is 0.140. The summed E-state index contributed by atoms with van der Waals surface area (Å²) in [5.41, 5.74) is 0. The van der Waals surface area contributed by atoms with E-state index in [4.69, 9.17) is 9.15 Å². The fourth-order valence-corrected chi connectivity index (χ4v) is 1.04. The molecule has 78 valence electrons. The van der Waals surface area contributed by atoms with E-state index in [1.807, 2.05) is 18.2 Å². The second kappa shape index (κ2) is 7.35. The molecular weight excluding hydrogens is 178 g/mol. The first kappa shape index (κ1) is 11.0. The maximum Gasteiger partial charge on any atom is 0.117 e. The molecule has 0 fully saturated rings. The van der Waals surface area contributed by atoms with Gasteiger partial charge in [0.1, 0.15) is 5.76 Å². The normalized spacial score (nSPS) is 10.3. The number of rotatable bonds is 8. The zero-order chi connectivity index (χ0) is 10.1. The molecule has 0 amide bonds. The van der Waals surface area contributed by atoms with Crippen LogP contribution in [0.1, 0.15) is 12.2 Å². The quantitative estimate of drug-likeness (QED) is 0.508. The Balaban J connectivity index is 1.87. The van der Waals surface area contributed by atoms with Gasteiger partial charge in [-0.25, -0.2) is 0 Å². The second-order valence-electron chi connectivity index (χ2n) is 2.95. The molecule has 0 aliphatic rings. The van der Waals surface area contributed by atoms with E-state index in [0.29, 0.717) is 0 Å². The van der Waals surface area contributed by atoms with Crippen molar-refractivity contribution in [2.75, 3.05) is 19.8 Å². The van der Waals surface area contributed by atoms with Gasteiger partial charge in [-0.2, -0.15) is 0 Å². The van der Waals surface area contributed by atoms with E-state index in [1.54, 1.807) is 6.26 Å². The van der Waals surface area contributed by atoms with Gasteiger partial charge >= 0.3 is 0 Å². The summed E-state index contributed by atoms with van der Waals surface area (Å²) in [7, 11) is 0. The fraction of sp³-hybridized carbons (Fsp3) is 0.455. The molecule has 3 heteroatoms. The number of ether oxygens (including phenoxy) is 1. The van der Waals surface area contributed by atoms with Crippen LogP contribution in [0.3, 0.4) is 0 Å². The molecule has 0 unspecified atom stereocenters. The average molecular weight is 195 g/mol. The highest BCUT2D eigenvalue weighted by molar-refractivity contribution is 4.97. The summed E-state index contributed by atoms with van der Waals surface area (Å²) in [6.45, 7) is 6.71. The molecule has 0 radical (unpaired) electrons. The van der Waals surface area contributed by atoms with E-state index < -0.39 is 0 Å². The molecule has 1 N–H and O–H groups in total. The minimum atomic E-state index is 0.731. The van der Waals surface area contributed by atoms with Crippen molar-refractivity contribution in [3.63, 3.8) is 0 Å². The van der Waals surface area contributed by atoms with Gasteiger partial charge in [-0.1, -0.05) is 6.08 Å². The zero-order valence-electron chi connectivity index (χ0n) is 8.37. The van der Waals surface area contributed by atoms with Crippen LogP contribution in [0.4, 0.5) is 0 Å². The third kappa shape index (κ3) is 4.84. The van der Waals surface area contributed by atoms with Crippen molar-refractivity contribution >= 4 is 0 Å². The highest BCUT2D eigenvalue weighted by Crippen LogP contribution is 1.97. The summed E-state index contributed by atoms with van der Waals surface area (Å²) in [6.07, 6.45) is 4.45. The molecule has 1 aromatic rings. The molecule has 1 rings (SSSR count). The van der Waals surface area contributed by atoms with Crippen LogP contribution in [0.15, 0.2) is 35.5 Å². The van der Waals surface area contributed by atoms with Crippen molar-refractivity contribution in [1.82, 2.24) is 5.32 Å². The van der Waals surface area contributed by atoms with Crippen LogP contribution >= 0.6 is 0 Å². The van der Waals surface area contributed by atoms with Gasteiger partial charge in [-0.15, -0.1) is 6.58 Å². The monoisotopic (exact) mass is 195 g/mol. The van der Waals surface area contributed by atoms with Gasteiger partial charge < -0.3 is 14.5 Å². The Morgan fingerprint density at radius 3 is 3.14 bits per heavy atom. The van der Waals surface area contributed by atoms with E-state index in [2.05, 4.69) is 11.9 Å². The van der Waals surface area contributed by atoms with E-state index in [-0.39, 0.29) is 0 Å². The average Bonchev–Trinajstić information content (AvgIpc) is 2.69. The Hall–Kier alpha value is -1.06. The molecule has 3 nitrogen and oxygen atoms in total. The molecule has 0 saturated carbocycles. The lowest BCUT2D eigenvalue weighted by atomic mass is 10.4. The van der Waals surface area contributed by atoms with Crippen molar-refractivity contribution in [3.05, 3.63) is 36.8 Å². The third-order valence-electron chi connectivity index (χ3n) is 1.77. The summed E-state index contributed by atoms with van der Waals surface area (Å²) < 4.78 is 10.5. The summed E-state index contributed by atoms with van der Waals surface area (Å²) in [5, 5.41) is 3.22. The molecule has 0 spiro atoms. The van der Waals surface area contributed by atoms with Gasteiger partial charge in [0.05, 0.1) is 26.0 Å². The molecule has 1 aromatic heterocycles. The number of furan rings is 1. The highest BCUT2D eigenvalue weighted by Gasteiger charge is 1.93. The zero-order valence-corrected chi connectivity index (χ0v) is 8.37. The molecule has 0 bridgehead atoms. The first-order valence-corrected chi connectivity index (χ1v) is 4.85. The Morgan fingerprint density at radius 1 is 1.50 bits per heavy atom. The van der Waals surface area contributed by atoms with Crippen molar-refractivity contribution in [2.24, 2.45) is 0 Å². The lowest BCUT2D eigenvalue weighted by Crippen LogP contribution is -2.19. The molecule has 0 aliphatic carbocycles. The van der Waals surface area contributed by atoms with Crippen LogP contribution in [-0.4, -0.2) is 19.8 Å². The Morgan fingerprint density at radius 2 is 2.43 bits per heavy atom. The van der Waals surface area contributed by atoms with Gasteiger partial charge in [0.2, 0.25) is 0 Å². The van der Waals surface area contributed by atoms with Gasteiger partial charge in [-0.05, 0) is 18.6 Å². The summed E-state index contributed by atoms with van der Waals surface area (Å²) >= 11 is 0. The molecule has 14 heavy (non-hydrogen) atoms. The van der Waals surface area contributed by atoms with Crippen molar-refractivity contribution in [3.8, 4) is 0 Å². The Kier molecular flexibility index (Phi) is 5.79. The van der Waals surface area contributed by atoms with Gasteiger partial charge in [-0.3, -0.25) is 0 Å². The molecule has 0 aliphatic heterocycles. The van der Waals surface area contributed by atoms with Crippen molar-refractivity contribution in [1.29, 1.82) is 0 Å². The van der Waals surface area contributed by atoms with Gasteiger partial charge in [0.15, 0.2) is 0 Å². The number of nitrogens with one attached hydrogen (secondary N) is 1. The van der Waals surface area contributed by atoms with Crippen LogP contribution < -0.4 is 5.32 Å². The lowest BCUT2D eigenvalue weighted by Gasteiger charge is -2.03. The van der Waals surface area contributed by atoms with E-state index in [9.17, 15) is 0 Å². The Labute approximate surface area is 84.8 Å². The molecule has 0 atom stereocenters. The van der Waals surface area contributed by atoms with Crippen LogP contribution in [-0.2, 0) is 11.3 Å². The van der Waals surface area contributed by atoms with E-state index in [0.717, 1.165) is 38.5 Å². The highest BCUT2D eigenvalue weighted by atomic mass is 16.5. The molecule has 1 heterocycles. The summed E-state index contributed by atoms with van der Waals surface area (Å²) in [6, 6.07) is 3.84. The maximum atomic E-state index is 5.33. The minimum Gasteiger partial charge on any atom is -0.468 e. The number of hydrogen-bond acceptors (Lipinski definition) is 3. The van der Waals surface area contributed by atoms with Gasteiger partial charge in [0, 0.05) is 6.54 Å². The first-order valence-electron chi connectivity index (χ1n) is 4.85. The van der Waals surface area contributed by atoms with Crippen LogP contribution in [0, 0.1) is 0 Å². The topological polar surface area (TPSA) is 34.4 Å². The van der Waals surface area contributed by atoms with Crippen LogP contribution in [0.2, 0.25) is 0 Å². The SMILES string of the molecule is C=CCCOCCNCc1ccco1. The van der Waals surface area contributed by atoms with E-state index in [1.165, 1.54) is 0 Å². The fourth-order valence-electron chi connectivity index (χ4n) is 1.04. The largest absolute Gasteiger partial charge is 0.468 e. The molecular formula is C11H17NO2. The smallest absolute Gasteiger partial charge is 0.117 e.